The molecule has 1 heterocycles. The third kappa shape index (κ3) is 3.05. The van der Waals surface area contributed by atoms with Gasteiger partial charge in [0.1, 0.15) is 0 Å². The average molecular weight is 297 g/mol. The van der Waals surface area contributed by atoms with E-state index in [9.17, 15) is 8.42 Å². The highest BCUT2D eigenvalue weighted by Crippen LogP contribution is 2.36. The summed E-state index contributed by atoms with van der Waals surface area (Å²) in [6.45, 7) is 7.77. The molecule has 4 nitrogen and oxygen atoms in total. The fourth-order valence-electron chi connectivity index (χ4n) is 2.69. The maximum Gasteiger partial charge on any atom is 0.268 e. The van der Waals surface area contributed by atoms with Gasteiger partial charge in [0.05, 0.1) is 4.90 Å². The van der Waals surface area contributed by atoms with Crippen molar-refractivity contribution in [1.29, 1.82) is 0 Å². The van der Waals surface area contributed by atoms with E-state index in [2.05, 4.69) is 6.92 Å². The summed E-state index contributed by atoms with van der Waals surface area (Å²) in [6.07, 6.45) is 3.73. The summed E-state index contributed by atoms with van der Waals surface area (Å²) in [7, 11) is -3.52. The molecule has 0 N–H and O–H groups in total. The molecule has 5 heteroatoms. The van der Waals surface area contributed by atoms with Crippen LogP contribution >= 0.6 is 0 Å². The van der Waals surface area contributed by atoms with E-state index in [1.165, 1.54) is 0 Å². The lowest BCUT2D eigenvalue weighted by atomic mass is 10.1. The second kappa shape index (κ2) is 5.84. The number of rotatable bonds is 6. The number of sulfonamides is 1. The van der Waals surface area contributed by atoms with Crippen molar-refractivity contribution in [2.24, 2.45) is 0 Å². The first-order valence-electron chi connectivity index (χ1n) is 7.17. The fraction of sp³-hybridized carbons (Fsp3) is 0.600. The number of benzene rings is 1. The zero-order valence-electron chi connectivity index (χ0n) is 12.6. The number of hydroxylamine groups is 1. The number of aryl methyl sites for hydroxylation is 3. The monoisotopic (exact) mass is 297 g/mol. The topological polar surface area (TPSA) is 49.7 Å². The van der Waals surface area contributed by atoms with Crippen molar-refractivity contribution in [3.05, 3.63) is 28.8 Å². The van der Waals surface area contributed by atoms with Gasteiger partial charge in [0, 0.05) is 0 Å². The Bertz CT molecular complexity index is 572. The van der Waals surface area contributed by atoms with Gasteiger partial charge in [0.15, 0.2) is 6.23 Å². The molecule has 0 radical (unpaired) electrons. The maximum atomic E-state index is 12.6. The highest BCUT2D eigenvalue weighted by molar-refractivity contribution is 7.89. The molecule has 2 rings (SSSR count). The molecule has 1 aliphatic rings. The van der Waals surface area contributed by atoms with Gasteiger partial charge in [-0.25, -0.2) is 8.42 Å². The number of hydrogen-bond donors (Lipinski definition) is 0. The molecule has 2 atom stereocenters. The van der Waals surface area contributed by atoms with Crippen LogP contribution in [0.1, 0.15) is 49.3 Å². The second-order valence-electron chi connectivity index (χ2n) is 5.54. The van der Waals surface area contributed by atoms with Crippen LogP contribution < -0.4 is 0 Å². The minimum absolute atomic E-state index is 0.272. The smallest absolute Gasteiger partial charge is 0.259 e. The van der Waals surface area contributed by atoms with Gasteiger partial charge in [-0.15, -0.1) is 0 Å². The first-order valence-corrected chi connectivity index (χ1v) is 8.61. The molecular weight excluding hydrogens is 274 g/mol. The third-order valence-electron chi connectivity index (χ3n) is 3.57. The van der Waals surface area contributed by atoms with Crippen LogP contribution in [0.5, 0.6) is 0 Å². The van der Waals surface area contributed by atoms with Crippen molar-refractivity contribution in [1.82, 2.24) is 4.47 Å². The summed E-state index contributed by atoms with van der Waals surface area (Å²) in [5.41, 5.74) is 2.64. The van der Waals surface area contributed by atoms with E-state index in [0.717, 1.165) is 46.8 Å². The van der Waals surface area contributed by atoms with E-state index in [-0.39, 0.29) is 6.23 Å². The molecule has 0 aliphatic carbocycles. The Morgan fingerprint density at radius 1 is 1.15 bits per heavy atom. The van der Waals surface area contributed by atoms with E-state index in [0.29, 0.717) is 4.90 Å². The number of nitrogens with zero attached hydrogens (tertiary/aromatic N) is 1. The van der Waals surface area contributed by atoms with Crippen molar-refractivity contribution >= 4 is 10.0 Å². The first-order chi connectivity index (χ1) is 9.37. The van der Waals surface area contributed by atoms with E-state index in [1.54, 1.807) is 0 Å². The average Bonchev–Trinajstić information content (AvgIpc) is 3.07. The Kier molecular flexibility index (Phi) is 4.52. The second-order valence-corrected chi connectivity index (χ2v) is 7.26. The Morgan fingerprint density at radius 2 is 1.75 bits per heavy atom. The summed E-state index contributed by atoms with van der Waals surface area (Å²) >= 11 is 0. The van der Waals surface area contributed by atoms with Crippen molar-refractivity contribution in [2.45, 2.75) is 64.5 Å². The highest BCUT2D eigenvalue weighted by atomic mass is 32.2. The van der Waals surface area contributed by atoms with Crippen LogP contribution in [0.4, 0.5) is 0 Å². The predicted octanol–water partition coefficient (Wildman–Crippen LogP) is 3.45. The van der Waals surface area contributed by atoms with Crippen LogP contribution in [0, 0.1) is 20.8 Å². The van der Waals surface area contributed by atoms with E-state index < -0.39 is 10.0 Å². The minimum Gasteiger partial charge on any atom is -0.259 e. The molecule has 0 bridgehead atoms. The Hall–Kier alpha value is -0.910. The van der Waals surface area contributed by atoms with E-state index >= 15 is 0 Å². The molecule has 112 valence electrons. The lowest BCUT2D eigenvalue weighted by molar-refractivity contribution is 0.279. The van der Waals surface area contributed by atoms with E-state index in [4.69, 9.17) is 4.84 Å². The van der Waals surface area contributed by atoms with Gasteiger partial charge in [-0.3, -0.25) is 4.84 Å². The molecule has 1 saturated heterocycles. The van der Waals surface area contributed by atoms with Crippen LogP contribution in [-0.2, 0) is 14.9 Å². The fourth-order valence-corrected chi connectivity index (χ4v) is 4.43. The molecule has 1 unspecified atom stereocenters. The van der Waals surface area contributed by atoms with Gasteiger partial charge < -0.3 is 0 Å². The van der Waals surface area contributed by atoms with Gasteiger partial charge in [-0.1, -0.05) is 37.5 Å². The standard InChI is InChI=1S/C15H23NO3S/c1-5-6-7-8-14-16(19-14)20(17,18)15-12(3)9-11(2)10-13(15)4/h9-10,14H,5-8H2,1-4H3/t14-,16?/m1/s1. The zero-order valence-corrected chi connectivity index (χ0v) is 13.5. The van der Waals surface area contributed by atoms with Gasteiger partial charge in [0.25, 0.3) is 10.0 Å². The van der Waals surface area contributed by atoms with Crippen molar-refractivity contribution in [3.63, 3.8) is 0 Å². The van der Waals surface area contributed by atoms with Gasteiger partial charge in [0.2, 0.25) is 0 Å². The number of unbranched alkanes of at least 4 members (excludes halogenated alkanes) is 2. The van der Waals surface area contributed by atoms with Crippen molar-refractivity contribution in [2.75, 3.05) is 0 Å². The lowest BCUT2D eigenvalue weighted by Gasteiger charge is -2.11. The first kappa shape index (κ1) is 15.5. The predicted molar refractivity (Wildman–Crippen MR) is 78.7 cm³/mol. The molecule has 0 amide bonds. The lowest BCUT2D eigenvalue weighted by Crippen LogP contribution is -2.17. The summed E-state index contributed by atoms with van der Waals surface area (Å²) in [4.78, 5) is 5.66. The summed E-state index contributed by atoms with van der Waals surface area (Å²) in [5.74, 6) is 0. The Balaban J connectivity index is 2.17. The van der Waals surface area contributed by atoms with Crippen LogP contribution in [-0.4, -0.2) is 19.1 Å². The Labute approximate surface area is 121 Å². The van der Waals surface area contributed by atoms with Crippen molar-refractivity contribution < 1.29 is 13.3 Å². The molecule has 20 heavy (non-hydrogen) atoms. The minimum atomic E-state index is -3.52. The van der Waals surface area contributed by atoms with Crippen LogP contribution in [0.3, 0.4) is 0 Å². The zero-order chi connectivity index (χ0) is 14.9. The molecular formula is C15H23NO3S. The Morgan fingerprint density at radius 3 is 2.30 bits per heavy atom. The molecule has 1 aromatic carbocycles. The molecule has 0 aromatic heterocycles. The van der Waals surface area contributed by atoms with Crippen LogP contribution in [0.2, 0.25) is 0 Å². The molecule has 1 aromatic rings. The molecule has 0 spiro atoms. The maximum absolute atomic E-state index is 12.6. The van der Waals surface area contributed by atoms with Gasteiger partial charge >= 0.3 is 0 Å². The molecule has 0 saturated carbocycles. The summed E-state index contributed by atoms with van der Waals surface area (Å²) in [5, 5.41) is 0. The molecule has 1 fully saturated rings. The quantitative estimate of drug-likeness (QED) is 0.597. The van der Waals surface area contributed by atoms with E-state index in [1.807, 2.05) is 32.9 Å². The van der Waals surface area contributed by atoms with Gasteiger partial charge in [-0.05, 0) is 49.2 Å². The van der Waals surface area contributed by atoms with Crippen molar-refractivity contribution in [3.8, 4) is 0 Å². The summed E-state index contributed by atoms with van der Waals surface area (Å²) in [6, 6.07) is 3.80. The summed E-state index contributed by atoms with van der Waals surface area (Å²) < 4.78 is 26.3. The van der Waals surface area contributed by atoms with Crippen LogP contribution in [0.25, 0.3) is 0 Å². The number of hydrogen-bond acceptors (Lipinski definition) is 3. The molecule has 1 aliphatic heterocycles. The highest BCUT2D eigenvalue weighted by Gasteiger charge is 2.47. The largest absolute Gasteiger partial charge is 0.268 e. The third-order valence-corrected chi connectivity index (χ3v) is 5.52. The SMILES string of the molecule is CCCCC[C@H]1ON1S(=O)(=O)c1c(C)cc(C)cc1C. The normalized spacial score (nSPS) is 22.0. The van der Waals surface area contributed by atoms with Gasteiger partial charge in [-0.2, -0.15) is 0 Å². The van der Waals surface area contributed by atoms with Crippen LogP contribution in [0.15, 0.2) is 17.0 Å².